The molecule has 0 bridgehead atoms. The maximum Gasteiger partial charge on any atom is 0.191 e. The minimum Gasteiger partial charge on any atom is -0.396 e. The van der Waals surface area contributed by atoms with Gasteiger partial charge in [0.1, 0.15) is 0 Å². The second-order valence-corrected chi connectivity index (χ2v) is 8.02. The van der Waals surface area contributed by atoms with Crippen molar-refractivity contribution in [3.05, 3.63) is 35.4 Å². The topological polar surface area (TPSA) is 65.9 Å². The average molecular weight is 489 g/mol. The molecule has 1 unspecified atom stereocenters. The number of nitrogens with one attached hydrogen (secondary N) is 2. The van der Waals surface area contributed by atoms with E-state index in [1.165, 1.54) is 11.1 Å². The van der Waals surface area contributed by atoms with Crippen LogP contribution in [-0.4, -0.2) is 50.5 Å². The smallest absolute Gasteiger partial charge is 0.191 e. The Kier molecular flexibility index (Phi) is 10.0. The Bertz CT molecular complexity index is 599. The number of hydrogen-bond donors (Lipinski definition) is 3. The number of rotatable bonds is 8. The minimum absolute atomic E-state index is 0. The number of hydrogen-bond acceptors (Lipinski definition) is 3. The van der Waals surface area contributed by atoms with Gasteiger partial charge in [0.15, 0.2) is 5.96 Å². The molecule has 1 aliphatic rings. The summed E-state index contributed by atoms with van der Waals surface area (Å²) >= 11 is 0. The first kappa shape index (κ1) is 24.2. The Morgan fingerprint density at radius 1 is 1.30 bits per heavy atom. The lowest BCUT2D eigenvalue weighted by molar-refractivity contribution is 0.127. The summed E-state index contributed by atoms with van der Waals surface area (Å²) in [5.74, 6) is 0.832. The van der Waals surface area contributed by atoms with Crippen LogP contribution in [0.3, 0.4) is 0 Å². The molecule has 1 saturated heterocycles. The second kappa shape index (κ2) is 11.2. The molecule has 0 saturated carbocycles. The van der Waals surface area contributed by atoms with E-state index in [0.29, 0.717) is 13.2 Å². The maximum absolute atomic E-state index is 9.39. The van der Waals surface area contributed by atoms with Gasteiger partial charge in [-0.25, -0.2) is 0 Å². The highest BCUT2D eigenvalue weighted by molar-refractivity contribution is 14.0. The van der Waals surface area contributed by atoms with Crippen LogP contribution in [0.4, 0.5) is 0 Å². The number of aliphatic hydroxyl groups is 1. The number of ether oxygens (including phenoxy) is 1. The molecule has 5 nitrogen and oxygen atoms in total. The van der Waals surface area contributed by atoms with E-state index in [9.17, 15) is 5.11 Å². The van der Waals surface area contributed by atoms with E-state index in [0.717, 1.165) is 38.5 Å². The Morgan fingerprint density at radius 2 is 2.04 bits per heavy atom. The zero-order chi connectivity index (χ0) is 19.0. The number of guanidine groups is 1. The zero-order valence-electron chi connectivity index (χ0n) is 17.2. The summed E-state index contributed by atoms with van der Waals surface area (Å²) in [5, 5.41) is 16.2. The average Bonchev–Trinajstić information content (AvgIpc) is 3.07. The first-order valence-corrected chi connectivity index (χ1v) is 9.69. The molecule has 6 heteroatoms. The molecular formula is C21H36IN3O2. The molecule has 1 aliphatic heterocycles. The standard InChI is InChI=1S/C21H35N3O2.HI/c1-5-22-19(24-15-21(10-12-25)11-13-26-16-21)23-14-20(3,4)18-9-7-6-8-17(18)2;/h6-9,25H,5,10-16H2,1-4H3,(H2,22,23,24);1H. The Morgan fingerprint density at radius 3 is 2.63 bits per heavy atom. The number of aliphatic hydroxyl groups excluding tert-OH is 1. The summed E-state index contributed by atoms with van der Waals surface area (Å²) in [6.07, 6.45) is 1.74. The van der Waals surface area contributed by atoms with Crippen LogP contribution in [-0.2, 0) is 10.2 Å². The third-order valence-electron chi connectivity index (χ3n) is 5.31. The molecule has 0 aliphatic carbocycles. The van der Waals surface area contributed by atoms with Gasteiger partial charge >= 0.3 is 0 Å². The van der Waals surface area contributed by atoms with Crippen LogP contribution in [0.1, 0.15) is 44.7 Å². The van der Waals surface area contributed by atoms with Crippen LogP contribution in [0.25, 0.3) is 0 Å². The van der Waals surface area contributed by atoms with Gasteiger partial charge in [-0.3, -0.25) is 4.99 Å². The van der Waals surface area contributed by atoms with Crippen LogP contribution in [0.15, 0.2) is 29.3 Å². The van der Waals surface area contributed by atoms with Gasteiger partial charge in [-0.15, -0.1) is 24.0 Å². The van der Waals surface area contributed by atoms with Gasteiger partial charge in [-0.2, -0.15) is 0 Å². The van der Waals surface area contributed by atoms with E-state index >= 15 is 0 Å². The van der Waals surface area contributed by atoms with Gasteiger partial charge < -0.3 is 20.5 Å². The van der Waals surface area contributed by atoms with E-state index < -0.39 is 0 Å². The van der Waals surface area contributed by atoms with Crippen molar-refractivity contribution >= 4 is 29.9 Å². The fraction of sp³-hybridized carbons (Fsp3) is 0.667. The molecule has 0 amide bonds. The van der Waals surface area contributed by atoms with E-state index in [2.05, 4.69) is 62.6 Å². The Hall–Kier alpha value is -0.860. The fourth-order valence-electron chi connectivity index (χ4n) is 3.62. The van der Waals surface area contributed by atoms with Crippen molar-refractivity contribution in [3.63, 3.8) is 0 Å². The molecule has 0 radical (unpaired) electrons. The highest BCUT2D eigenvalue weighted by Gasteiger charge is 2.34. The van der Waals surface area contributed by atoms with Crippen molar-refractivity contribution in [1.29, 1.82) is 0 Å². The monoisotopic (exact) mass is 489 g/mol. The quantitative estimate of drug-likeness (QED) is 0.298. The highest BCUT2D eigenvalue weighted by Crippen LogP contribution is 2.31. The van der Waals surface area contributed by atoms with Crippen molar-refractivity contribution in [2.75, 3.05) is 39.5 Å². The third-order valence-corrected chi connectivity index (χ3v) is 5.31. The first-order valence-electron chi connectivity index (χ1n) is 9.69. The van der Waals surface area contributed by atoms with Crippen LogP contribution in [0.2, 0.25) is 0 Å². The lowest BCUT2D eigenvalue weighted by atomic mass is 9.82. The van der Waals surface area contributed by atoms with Crippen molar-refractivity contribution < 1.29 is 9.84 Å². The molecule has 0 spiro atoms. The predicted octanol–water partition coefficient (Wildman–Crippen LogP) is 3.23. The number of nitrogens with zero attached hydrogens (tertiary/aromatic N) is 1. The first-order chi connectivity index (χ1) is 12.4. The van der Waals surface area contributed by atoms with Gasteiger partial charge in [0, 0.05) is 37.1 Å². The SMILES string of the molecule is CCNC(=NCC(C)(C)c1ccccc1C)NCC1(CCO)CCOC1.I. The van der Waals surface area contributed by atoms with Crippen molar-refractivity contribution in [3.8, 4) is 0 Å². The summed E-state index contributed by atoms with van der Waals surface area (Å²) < 4.78 is 5.58. The molecular weight excluding hydrogens is 453 g/mol. The molecule has 1 heterocycles. The highest BCUT2D eigenvalue weighted by atomic mass is 127. The molecule has 1 atom stereocenters. The van der Waals surface area contributed by atoms with Crippen molar-refractivity contribution in [2.45, 2.75) is 46.0 Å². The summed E-state index contributed by atoms with van der Waals surface area (Å²) in [7, 11) is 0. The van der Waals surface area contributed by atoms with Gasteiger partial charge in [0.25, 0.3) is 0 Å². The third kappa shape index (κ3) is 6.91. The summed E-state index contributed by atoms with van der Waals surface area (Å²) in [6.45, 7) is 12.7. The van der Waals surface area contributed by atoms with Crippen LogP contribution in [0.5, 0.6) is 0 Å². The summed E-state index contributed by atoms with van der Waals surface area (Å²) in [4.78, 5) is 4.85. The largest absolute Gasteiger partial charge is 0.396 e. The predicted molar refractivity (Wildman–Crippen MR) is 123 cm³/mol. The number of halogens is 1. The van der Waals surface area contributed by atoms with Crippen molar-refractivity contribution in [1.82, 2.24) is 10.6 Å². The lowest BCUT2D eigenvalue weighted by Gasteiger charge is -2.29. The summed E-state index contributed by atoms with van der Waals surface area (Å²) in [6, 6.07) is 8.52. The molecule has 2 rings (SSSR count). The van der Waals surface area contributed by atoms with E-state index in [1.807, 2.05) is 0 Å². The van der Waals surface area contributed by atoms with E-state index in [1.54, 1.807) is 0 Å². The number of aryl methyl sites for hydroxylation is 1. The number of benzene rings is 1. The Balaban J connectivity index is 0.00000364. The van der Waals surface area contributed by atoms with Crippen molar-refractivity contribution in [2.24, 2.45) is 10.4 Å². The minimum atomic E-state index is -0.0348. The van der Waals surface area contributed by atoms with Crippen LogP contribution in [0, 0.1) is 12.3 Å². The van der Waals surface area contributed by atoms with E-state index in [-0.39, 0.29) is 41.4 Å². The van der Waals surface area contributed by atoms with Gasteiger partial charge in [0.05, 0.1) is 13.2 Å². The Labute approximate surface area is 181 Å². The number of aliphatic imine (C=N–C) groups is 1. The van der Waals surface area contributed by atoms with Crippen LogP contribution >= 0.6 is 24.0 Å². The normalized spacial score (nSPS) is 20.3. The molecule has 1 aromatic carbocycles. The molecule has 1 aromatic rings. The molecule has 0 aromatic heterocycles. The van der Waals surface area contributed by atoms with Gasteiger partial charge in [-0.1, -0.05) is 38.1 Å². The molecule has 1 fully saturated rings. The van der Waals surface area contributed by atoms with Gasteiger partial charge in [0.2, 0.25) is 0 Å². The zero-order valence-corrected chi connectivity index (χ0v) is 19.5. The second-order valence-electron chi connectivity index (χ2n) is 8.02. The van der Waals surface area contributed by atoms with Crippen LogP contribution < -0.4 is 10.6 Å². The van der Waals surface area contributed by atoms with E-state index in [4.69, 9.17) is 9.73 Å². The molecule has 27 heavy (non-hydrogen) atoms. The molecule has 3 N–H and O–H groups in total. The molecule has 154 valence electrons. The lowest BCUT2D eigenvalue weighted by Crippen LogP contribution is -2.45. The van der Waals surface area contributed by atoms with Gasteiger partial charge in [-0.05, 0) is 37.8 Å². The summed E-state index contributed by atoms with van der Waals surface area (Å²) in [5.41, 5.74) is 2.61. The fourth-order valence-corrected chi connectivity index (χ4v) is 3.62. The maximum atomic E-state index is 9.39.